The van der Waals surface area contributed by atoms with E-state index in [2.05, 4.69) is 5.32 Å². The third kappa shape index (κ3) is 2.77. The van der Waals surface area contributed by atoms with Crippen molar-refractivity contribution in [3.63, 3.8) is 0 Å². The highest BCUT2D eigenvalue weighted by molar-refractivity contribution is 5.95. The average molecular weight is 263 g/mol. The zero-order valence-electron chi connectivity index (χ0n) is 10.9. The van der Waals surface area contributed by atoms with Gasteiger partial charge in [-0.2, -0.15) is 0 Å². The molecule has 0 saturated heterocycles. The highest BCUT2D eigenvalue weighted by Gasteiger charge is 2.22. The van der Waals surface area contributed by atoms with E-state index in [4.69, 9.17) is 4.42 Å². The molecule has 3 N–H and O–H groups in total. The number of furan rings is 1. The molecule has 5 nitrogen and oxygen atoms in total. The van der Waals surface area contributed by atoms with E-state index in [0.29, 0.717) is 17.7 Å². The van der Waals surface area contributed by atoms with Crippen molar-refractivity contribution in [2.75, 3.05) is 6.61 Å². The van der Waals surface area contributed by atoms with Gasteiger partial charge in [0.1, 0.15) is 5.58 Å². The molecule has 1 aromatic carbocycles. The van der Waals surface area contributed by atoms with Crippen LogP contribution in [-0.2, 0) is 6.54 Å². The molecule has 0 aliphatic rings. The maximum absolute atomic E-state index is 11.2. The van der Waals surface area contributed by atoms with Gasteiger partial charge in [-0.15, -0.1) is 0 Å². The van der Waals surface area contributed by atoms with Crippen LogP contribution in [0.1, 0.15) is 30.0 Å². The van der Waals surface area contributed by atoms with Crippen LogP contribution >= 0.6 is 0 Å². The lowest BCUT2D eigenvalue weighted by Gasteiger charge is -2.23. The number of aromatic carboxylic acids is 1. The monoisotopic (exact) mass is 263 g/mol. The molecule has 19 heavy (non-hydrogen) atoms. The molecule has 0 radical (unpaired) electrons. The molecule has 0 saturated carbocycles. The molecule has 0 fully saturated rings. The lowest BCUT2D eigenvalue weighted by molar-refractivity contribution is 0.0662. The third-order valence-electron chi connectivity index (χ3n) is 3.03. The van der Waals surface area contributed by atoms with Gasteiger partial charge in [-0.3, -0.25) is 0 Å². The van der Waals surface area contributed by atoms with Crippen molar-refractivity contribution in [1.82, 2.24) is 5.32 Å². The maximum Gasteiger partial charge on any atom is 0.372 e. The summed E-state index contributed by atoms with van der Waals surface area (Å²) in [6.07, 6.45) is 0. The Kier molecular flexibility index (Phi) is 3.59. The Morgan fingerprint density at radius 2 is 2.05 bits per heavy atom. The van der Waals surface area contributed by atoms with Gasteiger partial charge >= 0.3 is 5.97 Å². The number of hydrogen-bond acceptors (Lipinski definition) is 4. The highest BCUT2D eigenvalue weighted by atomic mass is 16.4. The molecule has 2 rings (SSSR count). The van der Waals surface area contributed by atoms with Gasteiger partial charge in [0.25, 0.3) is 0 Å². The second-order valence-corrected chi connectivity index (χ2v) is 5.11. The first kappa shape index (κ1) is 13.6. The summed E-state index contributed by atoms with van der Waals surface area (Å²) in [4.78, 5) is 11.2. The highest BCUT2D eigenvalue weighted by Crippen LogP contribution is 2.26. The molecule has 0 bridgehead atoms. The minimum atomic E-state index is -1.09. The normalized spacial score (nSPS) is 11.9. The Labute approximate surface area is 110 Å². The van der Waals surface area contributed by atoms with Crippen molar-refractivity contribution < 1.29 is 19.4 Å². The smallest absolute Gasteiger partial charge is 0.372 e. The summed E-state index contributed by atoms with van der Waals surface area (Å²) < 4.78 is 5.36. The summed E-state index contributed by atoms with van der Waals surface area (Å²) >= 11 is 0. The van der Waals surface area contributed by atoms with Gasteiger partial charge in [0.15, 0.2) is 0 Å². The standard InChI is InChI=1S/C14H17NO4/c1-14(2,8-16)15-7-10-9-5-3-4-6-11(9)19-12(10)13(17)18/h3-6,15-16H,7-8H2,1-2H3,(H,17,18). The number of carbonyl (C=O) groups is 1. The van der Waals surface area contributed by atoms with Crippen LogP contribution in [-0.4, -0.2) is 28.3 Å². The van der Waals surface area contributed by atoms with E-state index in [1.165, 1.54) is 0 Å². The molecule has 0 atom stereocenters. The van der Waals surface area contributed by atoms with E-state index >= 15 is 0 Å². The van der Waals surface area contributed by atoms with Crippen LogP contribution in [0.2, 0.25) is 0 Å². The van der Waals surface area contributed by atoms with Gasteiger partial charge < -0.3 is 19.9 Å². The Hall–Kier alpha value is -1.85. The fourth-order valence-corrected chi connectivity index (χ4v) is 1.83. The van der Waals surface area contributed by atoms with E-state index in [0.717, 1.165) is 5.39 Å². The zero-order chi connectivity index (χ0) is 14.0. The number of para-hydroxylation sites is 1. The van der Waals surface area contributed by atoms with Crippen molar-refractivity contribution >= 4 is 16.9 Å². The van der Waals surface area contributed by atoms with Crippen LogP contribution in [0.5, 0.6) is 0 Å². The molecular formula is C14H17NO4. The molecule has 0 unspecified atom stereocenters. The van der Waals surface area contributed by atoms with E-state index in [1.54, 1.807) is 12.1 Å². The molecular weight excluding hydrogens is 246 g/mol. The molecule has 102 valence electrons. The van der Waals surface area contributed by atoms with Gasteiger partial charge in [-0.25, -0.2) is 4.79 Å². The second-order valence-electron chi connectivity index (χ2n) is 5.11. The average Bonchev–Trinajstić information content (AvgIpc) is 2.75. The minimum absolute atomic E-state index is 0.0365. The molecule has 5 heteroatoms. The number of aliphatic hydroxyl groups excluding tert-OH is 1. The second kappa shape index (κ2) is 5.03. The van der Waals surface area contributed by atoms with Crippen LogP contribution in [0.4, 0.5) is 0 Å². The van der Waals surface area contributed by atoms with Crippen LogP contribution in [0.25, 0.3) is 11.0 Å². The SMILES string of the molecule is CC(C)(CO)NCc1c(C(=O)O)oc2ccccc12. The largest absolute Gasteiger partial charge is 0.475 e. The molecule has 0 aliphatic heterocycles. The first-order valence-electron chi connectivity index (χ1n) is 6.04. The molecule has 1 aromatic heterocycles. The lowest BCUT2D eigenvalue weighted by Crippen LogP contribution is -2.42. The van der Waals surface area contributed by atoms with Gasteiger partial charge in [0.2, 0.25) is 5.76 Å². The summed E-state index contributed by atoms with van der Waals surface area (Å²) in [5.74, 6) is -1.14. The molecule has 1 heterocycles. The van der Waals surface area contributed by atoms with Gasteiger partial charge in [-0.05, 0) is 19.9 Å². The lowest BCUT2D eigenvalue weighted by atomic mass is 10.1. The van der Waals surface area contributed by atoms with Crippen molar-refractivity contribution in [3.8, 4) is 0 Å². The first-order valence-corrected chi connectivity index (χ1v) is 6.04. The number of fused-ring (bicyclic) bond motifs is 1. The van der Waals surface area contributed by atoms with Gasteiger partial charge in [0, 0.05) is 23.0 Å². The van der Waals surface area contributed by atoms with Gasteiger partial charge in [0.05, 0.1) is 6.61 Å². The molecule has 2 aromatic rings. The molecule has 0 aliphatic carbocycles. The number of aliphatic hydroxyl groups is 1. The van der Waals surface area contributed by atoms with E-state index in [1.807, 2.05) is 26.0 Å². The van der Waals surface area contributed by atoms with Crippen LogP contribution in [0.3, 0.4) is 0 Å². The van der Waals surface area contributed by atoms with Crippen molar-refractivity contribution in [1.29, 1.82) is 0 Å². The molecule has 0 amide bonds. The number of carboxylic acid groups (broad SMARTS) is 1. The van der Waals surface area contributed by atoms with Crippen LogP contribution < -0.4 is 5.32 Å². The van der Waals surface area contributed by atoms with Gasteiger partial charge in [-0.1, -0.05) is 18.2 Å². The number of rotatable bonds is 5. The van der Waals surface area contributed by atoms with Crippen molar-refractivity contribution in [3.05, 3.63) is 35.6 Å². The van der Waals surface area contributed by atoms with E-state index < -0.39 is 11.5 Å². The quantitative estimate of drug-likeness (QED) is 0.768. The van der Waals surface area contributed by atoms with Crippen molar-refractivity contribution in [2.24, 2.45) is 0 Å². The van der Waals surface area contributed by atoms with Crippen LogP contribution in [0, 0.1) is 0 Å². The Bertz CT molecular complexity index is 601. The fourth-order valence-electron chi connectivity index (χ4n) is 1.83. The van der Waals surface area contributed by atoms with E-state index in [9.17, 15) is 15.0 Å². The number of hydrogen-bond donors (Lipinski definition) is 3. The Morgan fingerprint density at radius 3 is 2.68 bits per heavy atom. The number of benzene rings is 1. The van der Waals surface area contributed by atoms with Crippen molar-refractivity contribution in [2.45, 2.75) is 25.9 Å². The topological polar surface area (TPSA) is 82.7 Å². The van der Waals surface area contributed by atoms with Crippen LogP contribution in [0.15, 0.2) is 28.7 Å². The number of carboxylic acids is 1. The minimum Gasteiger partial charge on any atom is -0.475 e. The predicted octanol–water partition coefficient (Wildman–Crippen LogP) is 1.99. The summed E-state index contributed by atoms with van der Waals surface area (Å²) in [6, 6.07) is 7.20. The maximum atomic E-state index is 11.2. The zero-order valence-corrected chi connectivity index (χ0v) is 10.9. The summed E-state index contributed by atoms with van der Waals surface area (Å²) in [5, 5.41) is 22.3. The summed E-state index contributed by atoms with van der Waals surface area (Å²) in [7, 11) is 0. The predicted molar refractivity (Wildman–Crippen MR) is 71.2 cm³/mol. The van der Waals surface area contributed by atoms with E-state index in [-0.39, 0.29) is 12.4 Å². The Morgan fingerprint density at radius 1 is 1.37 bits per heavy atom. The first-order chi connectivity index (χ1) is 8.94. The fraction of sp³-hybridized carbons (Fsp3) is 0.357. The third-order valence-corrected chi connectivity index (χ3v) is 3.03. The molecule has 0 spiro atoms. The Balaban J connectivity index is 2.40. The summed E-state index contributed by atoms with van der Waals surface area (Å²) in [6.45, 7) is 3.98. The summed E-state index contributed by atoms with van der Waals surface area (Å²) in [5.41, 5.74) is 0.678. The number of nitrogens with one attached hydrogen (secondary N) is 1.